The monoisotopic (exact) mass is 382 g/mol. The van der Waals surface area contributed by atoms with Crippen molar-refractivity contribution in [3.05, 3.63) is 29.3 Å². The van der Waals surface area contributed by atoms with E-state index in [9.17, 15) is 18.0 Å². The maximum absolute atomic E-state index is 13.2. The molecule has 0 saturated heterocycles. The molecule has 0 saturated carbocycles. The smallest absolute Gasteiger partial charge is 0.416 e. The minimum absolute atomic E-state index is 0. The molecule has 8 heteroatoms. The Balaban J connectivity index is 0.00000576. The number of carbonyl (C=O) groups excluding carboxylic acids is 1. The largest absolute Gasteiger partial charge is 0.491 e. The van der Waals surface area contributed by atoms with Gasteiger partial charge in [0.25, 0.3) is 0 Å². The summed E-state index contributed by atoms with van der Waals surface area (Å²) in [6.45, 7) is 6.95. The van der Waals surface area contributed by atoms with Gasteiger partial charge in [-0.1, -0.05) is 26.3 Å². The Labute approximate surface area is 152 Å². The molecule has 0 aliphatic carbocycles. The minimum atomic E-state index is -4.53. The number of amides is 1. The highest BCUT2D eigenvalue weighted by atomic mass is 35.5. The second-order valence-corrected chi connectivity index (χ2v) is 6.11. The SMILES string of the molecule is CCC(C)C(N)C(=O)NCc1ccc(OC(C)C)cc1C(F)(F)F.Cl. The number of benzene rings is 1. The predicted molar refractivity (Wildman–Crippen MR) is 93.7 cm³/mol. The van der Waals surface area contributed by atoms with Crippen molar-refractivity contribution in [2.45, 2.75) is 59.0 Å². The lowest BCUT2D eigenvalue weighted by Crippen LogP contribution is -2.44. The van der Waals surface area contributed by atoms with Crippen LogP contribution in [0.2, 0.25) is 0 Å². The molecule has 144 valence electrons. The van der Waals surface area contributed by atoms with E-state index in [1.807, 2.05) is 13.8 Å². The molecule has 0 radical (unpaired) electrons. The zero-order chi connectivity index (χ0) is 18.5. The number of nitrogens with two attached hydrogens (primary N) is 1. The van der Waals surface area contributed by atoms with Crippen LogP contribution in [0.3, 0.4) is 0 Å². The second-order valence-electron chi connectivity index (χ2n) is 6.11. The highest BCUT2D eigenvalue weighted by Gasteiger charge is 2.34. The van der Waals surface area contributed by atoms with E-state index in [4.69, 9.17) is 10.5 Å². The van der Waals surface area contributed by atoms with Gasteiger partial charge >= 0.3 is 6.18 Å². The summed E-state index contributed by atoms with van der Waals surface area (Å²) >= 11 is 0. The molecule has 0 aliphatic heterocycles. The van der Waals surface area contributed by atoms with Crippen LogP contribution < -0.4 is 15.8 Å². The number of hydrogen-bond donors (Lipinski definition) is 2. The van der Waals surface area contributed by atoms with E-state index in [0.29, 0.717) is 6.42 Å². The zero-order valence-corrected chi connectivity index (χ0v) is 15.6. The molecule has 0 spiro atoms. The molecule has 2 unspecified atom stereocenters. The topological polar surface area (TPSA) is 64.4 Å². The number of carbonyl (C=O) groups is 1. The molecule has 3 N–H and O–H groups in total. The van der Waals surface area contributed by atoms with Gasteiger partial charge in [0.1, 0.15) is 5.75 Å². The van der Waals surface area contributed by atoms with Gasteiger partial charge in [-0.3, -0.25) is 4.79 Å². The molecular formula is C17H26ClF3N2O2. The number of halogens is 4. The van der Waals surface area contributed by atoms with Crippen LogP contribution >= 0.6 is 12.4 Å². The lowest BCUT2D eigenvalue weighted by Gasteiger charge is -2.20. The zero-order valence-electron chi connectivity index (χ0n) is 14.8. The van der Waals surface area contributed by atoms with Crippen molar-refractivity contribution in [1.82, 2.24) is 5.32 Å². The summed E-state index contributed by atoms with van der Waals surface area (Å²) in [5, 5.41) is 2.48. The van der Waals surface area contributed by atoms with E-state index in [2.05, 4.69) is 5.32 Å². The summed E-state index contributed by atoms with van der Waals surface area (Å²) in [7, 11) is 0. The summed E-state index contributed by atoms with van der Waals surface area (Å²) in [6, 6.07) is 2.99. The highest BCUT2D eigenvalue weighted by molar-refractivity contribution is 5.85. The quantitative estimate of drug-likeness (QED) is 0.751. The van der Waals surface area contributed by atoms with E-state index in [1.54, 1.807) is 13.8 Å². The lowest BCUT2D eigenvalue weighted by molar-refractivity contribution is -0.138. The highest BCUT2D eigenvalue weighted by Crippen LogP contribution is 2.34. The average molecular weight is 383 g/mol. The van der Waals surface area contributed by atoms with Crippen LogP contribution in [0, 0.1) is 5.92 Å². The van der Waals surface area contributed by atoms with Gasteiger partial charge < -0.3 is 15.8 Å². The molecule has 25 heavy (non-hydrogen) atoms. The molecule has 0 fully saturated rings. The van der Waals surface area contributed by atoms with Gasteiger partial charge in [0.05, 0.1) is 17.7 Å². The van der Waals surface area contributed by atoms with Crippen LogP contribution in [0.25, 0.3) is 0 Å². The fourth-order valence-corrected chi connectivity index (χ4v) is 2.13. The van der Waals surface area contributed by atoms with Crippen molar-refractivity contribution >= 4 is 18.3 Å². The second kappa shape index (κ2) is 9.87. The standard InChI is InChI=1S/C17H25F3N2O2.ClH/c1-5-11(4)15(21)16(23)22-9-12-6-7-13(24-10(2)3)8-14(12)17(18,19)20;/h6-8,10-11,15H,5,9,21H2,1-4H3,(H,22,23);1H. The normalized spacial score (nSPS) is 13.8. The number of hydrogen-bond acceptors (Lipinski definition) is 3. The lowest BCUT2D eigenvalue weighted by atomic mass is 9.99. The van der Waals surface area contributed by atoms with E-state index < -0.39 is 23.7 Å². The van der Waals surface area contributed by atoms with Crippen LogP contribution in [0.1, 0.15) is 45.2 Å². The van der Waals surface area contributed by atoms with Crippen LogP contribution in [0.4, 0.5) is 13.2 Å². The Morgan fingerprint density at radius 3 is 2.36 bits per heavy atom. The molecule has 2 atom stereocenters. The summed E-state index contributed by atoms with van der Waals surface area (Å²) in [5.41, 5.74) is 4.94. The van der Waals surface area contributed by atoms with Crippen LogP contribution in [-0.4, -0.2) is 18.1 Å². The van der Waals surface area contributed by atoms with Crippen molar-refractivity contribution in [1.29, 1.82) is 0 Å². The van der Waals surface area contributed by atoms with Crippen LogP contribution in [0.15, 0.2) is 18.2 Å². The van der Waals surface area contributed by atoms with E-state index >= 15 is 0 Å². The Bertz CT molecular complexity index is 565. The minimum Gasteiger partial charge on any atom is -0.491 e. The molecular weight excluding hydrogens is 357 g/mol. The average Bonchev–Trinajstić information content (AvgIpc) is 2.50. The third-order valence-corrected chi connectivity index (χ3v) is 3.77. The first-order valence-corrected chi connectivity index (χ1v) is 7.96. The van der Waals surface area contributed by atoms with Gasteiger partial charge in [0.15, 0.2) is 0 Å². The third kappa shape index (κ3) is 7.12. The molecule has 0 aliphatic rings. The fourth-order valence-electron chi connectivity index (χ4n) is 2.13. The van der Waals surface area contributed by atoms with Gasteiger partial charge in [0, 0.05) is 6.54 Å². The number of alkyl halides is 3. The van der Waals surface area contributed by atoms with E-state index in [0.717, 1.165) is 6.07 Å². The molecule has 0 aromatic heterocycles. The molecule has 0 bridgehead atoms. The van der Waals surface area contributed by atoms with Gasteiger partial charge in [-0.25, -0.2) is 0 Å². The molecule has 1 rings (SSSR count). The van der Waals surface area contributed by atoms with Crippen molar-refractivity contribution in [3.63, 3.8) is 0 Å². The van der Waals surface area contributed by atoms with Crippen LogP contribution in [0.5, 0.6) is 5.75 Å². The van der Waals surface area contributed by atoms with Crippen LogP contribution in [-0.2, 0) is 17.5 Å². The molecule has 1 aromatic rings. The van der Waals surface area contributed by atoms with Gasteiger partial charge in [-0.15, -0.1) is 12.4 Å². The summed E-state index contributed by atoms with van der Waals surface area (Å²) in [4.78, 5) is 11.9. The fraction of sp³-hybridized carbons (Fsp3) is 0.588. The van der Waals surface area contributed by atoms with Gasteiger partial charge in [-0.2, -0.15) is 13.2 Å². The number of ether oxygens (including phenoxy) is 1. The summed E-state index contributed by atoms with van der Waals surface area (Å²) in [5.74, 6) is -0.363. The third-order valence-electron chi connectivity index (χ3n) is 3.77. The van der Waals surface area contributed by atoms with E-state index in [1.165, 1.54) is 12.1 Å². The van der Waals surface area contributed by atoms with Crippen molar-refractivity contribution in [2.24, 2.45) is 11.7 Å². The first-order chi connectivity index (χ1) is 11.1. The Kier molecular flexibility index (Phi) is 9.29. The number of rotatable bonds is 7. The summed E-state index contributed by atoms with van der Waals surface area (Å²) in [6.07, 6.45) is -4.05. The number of nitrogens with one attached hydrogen (secondary N) is 1. The van der Waals surface area contributed by atoms with E-state index in [-0.39, 0.29) is 42.3 Å². The maximum atomic E-state index is 13.2. The predicted octanol–water partition coefficient (Wildman–Crippen LogP) is 3.90. The van der Waals surface area contributed by atoms with Gasteiger partial charge in [-0.05, 0) is 37.5 Å². The summed E-state index contributed by atoms with van der Waals surface area (Å²) < 4.78 is 45.0. The van der Waals surface area contributed by atoms with Crippen molar-refractivity contribution < 1.29 is 22.7 Å². The Morgan fingerprint density at radius 2 is 1.88 bits per heavy atom. The molecule has 0 heterocycles. The maximum Gasteiger partial charge on any atom is 0.416 e. The van der Waals surface area contributed by atoms with Crippen molar-refractivity contribution in [2.75, 3.05) is 0 Å². The first kappa shape index (κ1) is 23.5. The van der Waals surface area contributed by atoms with Crippen molar-refractivity contribution in [3.8, 4) is 5.75 Å². The Hall–Kier alpha value is -1.47. The Morgan fingerprint density at radius 1 is 1.28 bits per heavy atom. The molecule has 4 nitrogen and oxygen atoms in total. The molecule has 1 amide bonds. The first-order valence-electron chi connectivity index (χ1n) is 7.96. The molecule has 1 aromatic carbocycles. The van der Waals surface area contributed by atoms with Gasteiger partial charge in [0.2, 0.25) is 5.91 Å².